The van der Waals surface area contributed by atoms with E-state index in [9.17, 15) is 27.6 Å². The second-order valence-corrected chi connectivity index (χ2v) is 8.25. The maximum Gasteiger partial charge on any atom is 0.416 e. The third kappa shape index (κ3) is 3.29. The molecule has 7 nitrogen and oxygen atoms in total. The second kappa shape index (κ2) is 7.45. The van der Waals surface area contributed by atoms with Gasteiger partial charge in [-0.2, -0.15) is 13.2 Å². The van der Waals surface area contributed by atoms with E-state index < -0.39 is 46.7 Å². The van der Waals surface area contributed by atoms with Gasteiger partial charge in [0.2, 0.25) is 0 Å². The van der Waals surface area contributed by atoms with E-state index in [-0.39, 0.29) is 32.8 Å². The summed E-state index contributed by atoms with van der Waals surface area (Å²) >= 11 is 12.2. The fourth-order valence-electron chi connectivity index (χ4n) is 3.21. The number of aliphatic hydroxyl groups is 2. The maximum atomic E-state index is 13.4. The van der Waals surface area contributed by atoms with E-state index in [4.69, 9.17) is 29.8 Å². The van der Waals surface area contributed by atoms with Crippen LogP contribution in [-0.2, 0) is 22.5 Å². The number of nitrogens with one attached hydrogen (secondary N) is 1. The summed E-state index contributed by atoms with van der Waals surface area (Å²) in [5.74, 6) is -0.744. The van der Waals surface area contributed by atoms with Crippen molar-refractivity contribution in [2.24, 2.45) is 0 Å². The molecule has 156 valence electrons. The average Bonchev–Trinajstić information content (AvgIpc) is 3.03. The van der Waals surface area contributed by atoms with Crippen molar-refractivity contribution in [3.05, 3.63) is 39.7 Å². The predicted octanol–water partition coefficient (Wildman–Crippen LogP) is 3.05. The zero-order chi connectivity index (χ0) is 21.7. The van der Waals surface area contributed by atoms with Crippen molar-refractivity contribution in [1.29, 1.82) is 0 Å². The molecule has 0 spiro atoms. The Morgan fingerprint density at radius 3 is 2.62 bits per heavy atom. The molecule has 1 aromatic carbocycles. The molecule has 0 bridgehead atoms. The Labute approximate surface area is 175 Å². The molecule has 1 aliphatic rings. The minimum Gasteiger partial charge on any atom is -0.394 e. The normalized spacial score (nSPS) is 20.2. The molecule has 29 heavy (non-hydrogen) atoms. The number of rotatable bonds is 4. The summed E-state index contributed by atoms with van der Waals surface area (Å²) in [5, 5.41) is 26.5. The van der Waals surface area contributed by atoms with Crippen LogP contribution in [0.4, 0.5) is 24.8 Å². The molecule has 1 aromatic heterocycles. The van der Waals surface area contributed by atoms with E-state index in [1.807, 2.05) is 0 Å². The lowest BCUT2D eigenvalue weighted by Gasteiger charge is -2.42. The van der Waals surface area contributed by atoms with Crippen molar-refractivity contribution in [2.45, 2.75) is 22.7 Å². The number of alkyl halides is 4. The summed E-state index contributed by atoms with van der Waals surface area (Å²) in [4.78, 5) is 3.19. The van der Waals surface area contributed by atoms with Crippen LogP contribution in [0.15, 0.2) is 17.0 Å². The van der Waals surface area contributed by atoms with E-state index in [0.29, 0.717) is 6.07 Å². The van der Waals surface area contributed by atoms with Crippen LogP contribution in [0.2, 0.25) is 5.02 Å². The van der Waals surface area contributed by atoms with Gasteiger partial charge in [0.05, 0.1) is 23.1 Å². The van der Waals surface area contributed by atoms with Crippen LogP contribution in [0, 0.1) is 6.57 Å². The van der Waals surface area contributed by atoms with E-state index in [1.54, 1.807) is 0 Å². The number of fused-ring (bicyclic) bond motifs is 3. The highest BCUT2D eigenvalue weighted by Gasteiger charge is 2.49. The van der Waals surface area contributed by atoms with Gasteiger partial charge in [-0.1, -0.05) is 18.2 Å². The molecule has 0 saturated carbocycles. The molecular formula is C16H13Cl2F3N4O3S. The Bertz CT molecular complexity index is 1050. The average molecular weight is 469 g/mol. The van der Waals surface area contributed by atoms with Gasteiger partial charge in [-0.05, 0) is 17.2 Å². The lowest BCUT2D eigenvalue weighted by Crippen LogP contribution is -2.53. The van der Waals surface area contributed by atoms with Crippen molar-refractivity contribution in [2.75, 3.05) is 24.1 Å². The molecule has 3 rings (SSSR count). The molecule has 3 unspecified atom stereocenters. The topological polar surface area (TPSA) is 91.7 Å². The van der Waals surface area contributed by atoms with Crippen molar-refractivity contribution >= 4 is 45.6 Å². The first-order valence-corrected chi connectivity index (χ1v) is 10.4. The Kier molecular flexibility index (Phi) is 5.61. The van der Waals surface area contributed by atoms with Crippen LogP contribution >= 0.6 is 23.2 Å². The zero-order valence-corrected chi connectivity index (χ0v) is 16.9. The number of anilines is 1. The molecule has 2 aromatic rings. The van der Waals surface area contributed by atoms with Gasteiger partial charge in [-0.3, -0.25) is 4.21 Å². The Balaban J connectivity index is 2.47. The number of aromatic nitrogens is 2. The van der Waals surface area contributed by atoms with Crippen LogP contribution in [0.5, 0.6) is 0 Å². The van der Waals surface area contributed by atoms with Gasteiger partial charge >= 0.3 is 12.0 Å². The number of nitrogens with zero attached hydrogens (tertiary/aromatic N) is 3. The first-order valence-electron chi connectivity index (χ1n) is 7.90. The number of hydrogen-bond donors (Lipinski definition) is 3. The second-order valence-electron chi connectivity index (χ2n) is 6.26. The molecule has 0 radical (unpaired) electrons. The van der Waals surface area contributed by atoms with Gasteiger partial charge in [0.25, 0.3) is 0 Å². The van der Waals surface area contributed by atoms with Gasteiger partial charge in [-0.25, -0.2) is 0 Å². The van der Waals surface area contributed by atoms with Crippen molar-refractivity contribution in [3.8, 4) is 5.69 Å². The van der Waals surface area contributed by atoms with Crippen LogP contribution < -0.4 is 5.32 Å². The molecule has 3 N–H and O–H groups in total. The zero-order valence-electron chi connectivity index (χ0n) is 14.6. The monoisotopic (exact) mass is 468 g/mol. The van der Waals surface area contributed by atoms with Crippen LogP contribution in [-0.4, -0.2) is 49.0 Å². The molecule has 3 atom stereocenters. The van der Waals surface area contributed by atoms with Crippen molar-refractivity contribution in [3.63, 3.8) is 0 Å². The van der Waals surface area contributed by atoms with Crippen LogP contribution in [0.1, 0.15) is 11.1 Å². The largest absolute Gasteiger partial charge is 0.416 e. The number of aliphatic hydroxyl groups excluding tert-OH is 2. The van der Waals surface area contributed by atoms with Gasteiger partial charge in [-0.15, -0.1) is 16.3 Å². The lowest BCUT2D eigenvalue weighted by atomic mass is 9.82. The minimum absolute atomic E-state index is 0.0147. The van der Waals surface area contributed by atoms with Gasteiger partial charge in [0, 0.05) is 22.6 Å². The quantitative estimate of drug-likeness (QED) is 0.473. The molecule has 1 aliphatic heterocycles. The fourth-order valence-corrected chi connectivity index (χ4v) is 4.65. The molecular weight excluding hydrogens is 456 g/mol. The Morgan fingerprint density at radius 1 is 1.48 bits per heavy atom. The van der Waals surface area contributed by atoms with Gasteiger partial charge in [0.15, 0.2) is 5.82 Å². The SMILES string of the molecule is [C-]#[N+]c1nn2c(c1S(C)=O)NC(CCl)(C(O)CO)c1cc(C(F)(F)F)cc(Cl)c1-2. The van der Waals surface area contributed by atoms with Crippen LogP contribution in [0.25, 0.3) is 10.5 Å². The number of halogens is 5. The molecule has 0 amide bonds. The molecule has 13 heteroatoms. The smallest absolute Gasteiger partial charge is 0.394 e. The standard InChI is InChI=1S/C16H13Cl2F3N4O3S/c1-22-13-12(29(2)28)14-23-15(6-17,10(27)5-26)8-3-7(16(19,20)21)4-9(18)11(8)25(14)24-13/h3-4,10,23,26-27H,5-6H2,2H3. The predicted molar refractivity (Wildman–Crippen MR) is 101 cm³/mol. The first-order chi connectivity index (χ1) is 13.5. The highest BCUT2D eigenvalue weighted by Crippen LogP contribution is 2.48. The third-order valence-electron chi connectivity index (χ3n) is 4.60. The summed E-state index contributed by atoms with van der Waals surface area (Å²) in [6, 6.07) is 1.43. The lowest BCUT2D eigenvalue weighted by molar-refractivity contribution is -0.137. The highest BCUT2D eigenvalue weighted by atomic mass is 35.5. The van der Waals surface area contributed by atoms with E-state index in [2.05, 4.69) is 15.3 Å². The molecule has 0 saturated heterocycles. The third-order valence-corrected chi connectivity index (χ3v) is 6.26. The molecule has 0 aliphatic carbocycles. The van der Waals surface area contributed by atoms with E-state index >= 15 is 0 Å². The van der Waals surface area contributed by atoms with Crippen molar-refractivity contribution < 1.29 is 27.6 Å². The number of benzene rings is 1. The Morgan fingerprint density at radius 2 is 2.14 bits per heavy atom. The summed E-state index contributed by atoms with van der Waals surface area (Å²) in [5.41, 5.74) is -3.15. The minimum atomic E-state index is -4.75. The van der Waals surface area contributed by atoms with E-state index in [1.165, 1.54) is 6.26 Å². The highest BCUT2D eigenvalue weighted by molar-refractivity contribution is 7.84. The maximum absolute atomic E-state index is 13.4. The fraction of sp³-hybridized carbons (Fsp3) is 0.375. The molecule has 0 fully saturated rings. The number of hydrogen-bond acceptors (Lipinski definition) is 5. The van der Waals surface area contributed by atoms with Gasteiger partial charge in [0.1, 0.15) is 22.2 Å². The van der Waals surface area contributed by atoms with Crippen LogP contribution in [0.3, 0.4) is 0 Å². The summed E-state index contributed by atoms with van der Waals surface area (Å²) < 4.78 is 53.4. The summed E-state index contributed by atoms with van der Waals surface area (Å²) in [7, 11) is -1.72. The first kappa shape index (κ1) is 21.9. The van der Waals surface area contributed by atoms with E-state index in [0.717, 1.165) is 10.7 Å². The molecule has 2 heterocycles. The van der Waals surface area contributed by atoms with Gasteiger partial charge < -0.3 is 20.4 Å². The van der Waals surface area contributed by atoms with Crippen molar-refractivity contribution in [1.82, 2.24) is 9.78 Å². The summed E-state index contributed by atoms with van der Waals surface area (Å²) in [6.45, 7) is 6.42. The Hall–Kier alpha value is -1.84. The summed E-state index contributed by atoms with van der Waals surface area (Å²) in [6.07, 6.45) is -5.11.